The first-order valence-electron chi connectivity index (χ1n) is 8.61. The van der Waals surface area contributed by atoms with Crippen LogP contribution in [0.1, 0.15) is 45.1 Å². The third-order valence-corrected chi connectivity index (χ3v) is 4.94. The molecule has 1 atom stereocenters. The minimum absolute atomic E-state index is 0.267. The van der Waals surface area contributed by atoms with Crippen molar-refractivity contribution in [3.05, 3.63) is 57.8 Å². The van der Waals surface area contributed by atoms with E-state index in [1.54, 1.807) is 62.0 Å². The zero-order chi connectivity index (χ0) is 20.6. The number of benzene rings is 1. The molecular formula is C19H19BrN4O4. The normalized spacial score (nSPS) is 14.2. The molecule has 8 nitrogen and oxygen atoms in total. The Morgan fingerprint density at radius 1 is 1.04 bits per heavy atom. The van der Waals surface area contributed by atoms with Gasteiger partial charge in [0.1, 0.15) is 11.7 Å². The molecule has 1 aliphatic rings. The third-order valence-electron chi connectivity index (χ3n) is 4.51. The van der Waals surface area contributed by atoms with E-state index in [2.05, 4.69) is 26.8 Å². The molecule has 28 heavy (non-hydrogen) atoms. The van der Waals surface area contributed by atoms with Crippen LogP contribution in [0, 0.1) is 5.92 Å². The Balaban J connectivity index is 1.77. The van der Waals surface area contributed by atoms with E-state index >= 15 is 0 Å². The van der Waals surface area contributed by atoms with Gasteiger partial charge in [-0.3, -0.25) is 34.9 Å². The molecule has 2 N–H and O–H groups in total. The highest BCUT2D eigenvalue weighted by Crippen LogP contribution is 2.27. The maximum atomic E-state index is 12.8. The third kappa shape index (κ3) is 3.45. The van der Waals surface area contributed by atoms with Crippen molar-refractivity contribution < 1.29 is 19.2 Å². The number of hydrogen-bond acceptors (Lipinski definition) is 4. The molecule has 0 unspecified atom stereocenters. The molecule has 2 heterocycles. The molecule has 4 amide bonds. The molecule has 0 saturated carbocycles. The van der Waals surface area contributed by atoms with Crippen LogP contribution >= 0.6 is 15.9 Å². The summed E-state index contributed by atoms with van der Waals surface area (Å²) < 4.78 is 2.31. The molecule has 2 aromatic rings. The fourth-order valence-electron chi connectivity index (χ4n) is 3.18. The number of fused-ring (bicyclic) bond motifs is 1. The van der Waals surface area contributed by atoms with Gasteiger partial charge in [0.15, 0.2) is 0 Å². The number of hydrazine groups is 1. The molecule has 1 aliphatic heterocycles. The number of imide groups is 1. The Morgan fingerprint density at radius 2 is 1.61 bits per heavy atom. The minimum Gasteiger partial charge on any atom is -0.345 e. The molecule has 0 radical (unpaired) electrons. The standard InChI is InChI=1S/C19H19BrN4O4/c1-10(2)15(24-18(27)12-6-4-5-7-13(12)19(24)28)17(26)22-21-16(25)14-8-11(20)9-23(14)3/h4-10,15H,1-3H3,(H,21,25)(H,22,26)/t15-/m0/s1. The van der Waals surface area contributed by atoms with Crippen LogP contribution in [-0.2, 0) is 11.8 Å². The van der Waals surface area contributed by atoms with Gasteiger partial charge in [-0.1, -0.05) is 26.0 Å². The van der Waals surface area contributed by atoms with E-state index in [4.69, 9.17) is 0 Å². The van der Waals surface area contributed by atoms with Crippen LogP contribution < -0.4 is 10.9 Å². The van der Waals surface area contributed by atoms with Gasteiger partial charge in [0.25, 0.3) is 23.6 Å². The molecule has 0 spiro atoms. The zero-order valence-electron chi connectivity index (χ0n) is 15.5. The van der Waals surface area contributed by atoms with Crippen LogP contribution in [0.4, 0.5) is 0 Å². The Kier molecular flexibility index (Phi) is 5.37. The van der Waals surface area contributed by atoms with E-state index in [-0.39, 0.29) is 17.0 Å². The quantitative estimate of drug-likeness (QED) is 0.552. The predicted octanol–water partition coefficient (Wildman–Crippen LogP) is 1.87. The molecule has 0 aliphatic carbocycles. The molecule has 0 bridgehead atoms. The second-order valence-electron chi connectivity index (χ2n) is 6.81. The molecular weight excluding hydrogens is 428 g/mol. The number of carbonyl (C=O) groups excluding carboxylic acids is 4. The van der Waals surface area contributed by atoms with Gasteiger partial charge >= 0.3 is 0 Å². The number of aromatic nitrogens is 1. The molecule has 0 fully saturated rings. The van der Waals surface area contributed by atoms with Gasteiger partial charge in [0.05, 0.1) is 11.1 Å². The van der Waals surface area contributed by atoms with Gasteiger partial charge in [-0.25, -0.2) is 0 Å². The van der Waals surface area contributed by atoms with Crippen molar-refractivity contribution in [3.63, 3.8) is 0 Å². The lowest BCUT2D eigenvalue weighted by Crippen LogP contribution is -2.56. The van der Waals surface area contributed by atoms with Gasteiger partial charge in [-0.2, -0.15) is 0 Å². The summed E-state index contributed by atoms with van der Waals surface area (Å²) in [5, 5.41) is 0. The predicted molar refractivity (Wildman–Crippen MR) is 104 cm³/mol. The molecule has 3 rings (SSSR count). The van der Waals surface area contributed by atoms with E-state index in [0.29, 0.717) is 5.69 Å². The van der Waals surface area contributed by atoms with Crippen molar-refractivity contribution in [1.82, 2.24) is 20.3 Å². The van der Waals surface area contributed by atoms with Crippen LogP contribution in [0.2, 0.25) is 0 Å². The number of halogens is 1. The first kappa shape index (κ1) is 19.8. The molecule has 0 saturated heterocycles. The summed E-state index contributed by atoms with van der Waals surface area (Å²) in [6.45, 7) is 3.45. The van der Waals surface area contributed by atoms with Crippen molar-refractivity contribution in [1.29, 1.82) is 0 Å². The number of nitrogens with zero attached hydrogens (tertiary/aromatic N) is 2. The summed E-state index contributed by atoms with van der Waals surface area (Å²) in [7, 11) is 1.69. The second-order valence-corrected chi connectivity index (χ2v) is 7.73. The highest BCUT2D eigenvalue weighted by Gasteiger charge is 2.44. The summed E-state index contributed by atoms with van der Waals surface area (Å²) in [4.78, 5) is 51.4. The smallest absolute Gasteiger partial charge is 0.286 e. The van der Waals surface area contributed by atoms with Gasteiger partial charge in [0, 0.05) is 17.7 Å². The van der Waals surface area contributed by atoms with Crippen LogP contribution in [0.3, 0.4) is 0 Å². The Hall–Kier alpha value is -2.94. The highest BCUT2D eigenvalue weighted by molar-refractivity contribution is 9.10. The highest BCUT2D eigenvalue weighted by atomic mass is 79.9. The lowest BCUT2D eigenvalue weighted by atomic mass is 10.0. The average Bonchev–Trinajstić information content (AvgIpc) is 3.11. The number of rotatable bonds is 4. The maximum absolute atomic E-state index is 12.8. The maximum Gasteiger partial charge on any atom is 0.286 e. The van der Waals surface area contributed by atoms with Crippen molar-refractivity contribution in [2.75, 3.05) is 0 Å². The summed E-state index contributed by atoms with van der Waals surface area (Å²) in [5.74, 6) is -2.57. The number of hydrogen-bond donors (Lipinski definition) is 2. The van der Waals surface area contributed by atoms with Crippen LogP contribution in [0.5, 0.6) is 0 Å². The lowest BCUT2D eigenvalue weighted by Gasteiger charge is -2.28. The number of nitrogens with one attached hydrogen (secondary N) is 2. The fourth-order valence-corrected chi connectivity index (χ4v) is 3.71. The van der Waals surface area contributed by atoms with Crippen molar-refractivity contribution in [2.45, 2.75) is 19.9 Å². The van der Waals surface area contributed by atoms with E-state index in [1.807, 2.05) is 0 Å². The SMILES string of the molecule is CC(C)[C@@H](C(=O)NNC(=O)c1cc(Br)cn1C)N1C(=O)c2ccccc2C1=O. The average molecular weight is 447 g/mol. The van der Waals surface area contributed by atoms with Gasteiger partial charge in [-0.15, -0.1) is 0 Å². The van der Waals surface area contributed by atoms with Crippen molar-refractivity contribution in [3.8, 4) is 0 Å². The first-order chi connectivity index (χ1) is 13.2. The molecule has 9 heteroatoms. The van der Waals surface area contributed by atoms with Crippen LogP contribution in [0.25, 0.3) is 0 Å². The lowest BCUT2D eigenvalue weighted by molar-refractivity contribution is -0.127. The summed E-state index contributed by atoms with van der Waals surface area (Å²) in [5.41, 5.74) is 5.53. The zero-order valence-corrected chi connectivity index (χ0v) is 17.1. The number of amides is 4. The van der Waals surface area contributed by atoms with E-state index < -0.39 is 29.7 Å². The summed E-state index contributed by atoms with van der Waals surface area (Å²) in [6.07, 6.45) is 1.70. The number of carbonyl (C=O) groups is 4. The van der Waals surface area contributed by atoms with Crippen molar-refractivity contribution >= 4 is 39.6 Å². The molecule has 1 aromatic carbocycles. The van der Waals surface area contributed by atoms with Gasteiger partial charge in [0.2, 0.25) is 0 Å². The van der Waals surface area contributed by atoms with E-state index in [1.165, 1.54) is 0 Å². The molecule has 146 valence electrons. The Labute approximate surface area is 170 Å². The fraction of sp³-hybridized carbons (Fsp3) is 0.263. The second kappa shape index (κ2) is 7.59. The Morgan fingerprint density at radius 3 is 2.07 bits per heavy atom. The largest absolute Gasteiger partial charge is 0.345 e. The summed E-state index contributed by atoms with van der Waals surface area (Å²) in [6, 6.07) is 6.98. The minimum atomic E-state index is -1.06. The number of aryl methyl sites for hydroxylation is 1. The van der Waals surface area contributed by atoms with Crippen LogP contribution in [0.15, 0.2) is 41.0 Å². The first-order valence-corrected chi connectivity index (χ1v) is 9.40. The van der Waals surface area contributed by atoms with Gasteiger partial charge in [-0.05, 0) is 40.0 Å². The summed E-state index contributed by atoms with van der Waals surface area (Å²) >= 11 is 3.28. The van der Waals surface area contributed by atoms with Crippen molar-refractivity contribution in [2.24, 2.45) is 13.0 Å². The Bertz CT molecular complexity index is 947. The molecule has 1 aromatic heterocycles. The topological polar surface area (TPSA) is 101 Å². The van der Waals surface area contributed by atoms with Gasteiger partial charge < -0.3 is 4.57 Å². The van der Waals surface area contributed by atoms with E-state index in [9.17, 15) is 19.2 Å². The van der Waals surface area contributed by atoms with Crippen LogP contribution in [-0.4, -0.2) is 39.1 Å². The monoisotopic (exact) mass is 446 g/mol. The van der Waals surface area contributed by atoms with E-state index in [0.717, 1.165) is 9.37 Å².